The molecule has 0 saturated heterocycles. The van der Waals surface area contributed by atoms with Gasteiger partial charge >= 0.3 is 12.6 Å². The van der Waals surface area contributed by atoms with Gasteiger partial charge < -0.3 is 14.2 Å². The maximum atomic E-state index is 12.7. The van der Waals surface area contributed by atoms with Gasteiger partial charge in [0, 0.05) is 0 Å². The Balaban J connectivity index is 1.62. The summed E-state index contributed by atoms with van der Waals surface area (Å²) in [6.07, 6.45) is 5.07. The van der Waals surface area contributed by atoms with E-state index in [1.807, 2.05) is 0 Å². The second kappa shape index (κ2) is 6.71. The van der Waals surface area contributed by atoms with Gasteiger partial charge in [-0.3, -0.25) is 9.59 Å². The second-order valence-corrected chi connectivity index (χ2v) is 7.25. The van der Waals surface area contributed by atoms with Gasteiger partial charge in [-0.2, -0.15) is 8.78 Å². The average molecular weight is 332 g/mol. The van der Waals surface area contributed by atoms with Gasteiger partial charge in [-0.1, -0.05) is 0 Å². The molecule has 0 N–H and O–H groups in total. The van der Waals surface area contributed by atoms with E-state index < -0.39 is 24.7 Å². The van der Waals surface area contributed by atoms with E-state index in [0.29, 0.717) is 17.8 Å². The molecular formula is C16H22F2O5. The fourth-order valence-electron chi connectivity index (χ4n) is 5.08. The van der Waals surface area contributed by atoms with Crippen LogP contribution >= 0.6 is 0 Å². The highest BCUT2D eigenvalue weighted by molar-refractivity contribution is 5.77. The van der Waals surface area contributed by atoms with Gasteiger partial charge in [0.2, 0.25) is 0 Å². The monoisotopic (exact) mass is 332 g/mol. The summed E-state index contributed by atoms with van der Waals surface area (Å²) in [6.45, 7) is -3.50. The molecule has 5 nitrogen and oxygen atoms in total. The molecule has 7 heteroatoms. The van der Waals surface area contributed by atoms with Crippen molar-refractivity contribution >= 4 is 12.4 Å². The molecule has 4 bridgehead atoms. The molecule has 0 amide bonds. The maximum Gasteiger partial charge on any atom is 0.345 e. The summed E-state index contributed by atoms with van der Waals surface area (Å²) in [6, 6.07) is 0. The van der Waals surface area contributed by atoms with Gasteiger partial charge in [0.1, 0.15) is 6.61 Å². The molecule has 4 aliphatic carbocycles. The molecule has 4 rings (SSSR count). The third kappa shape index (κ3) is 3.65. The van der Waals surface area contributed by atoms with E-state index in [9.17, 15) is 18.4 Å². The first-order chi connectivity index (χ1) is 11.0. The van der Waals surface area contributed by atoms with Gasteiger partial charge in [0.05, 0.1) is 12.0 Å². The Morgan fingerprint density at radius 2 is 1.65 bits per heavy atom. The molecule has 0 aliphatic heterocycles. The van der Waals surface area contributed by atoms with E-state index >= 15 is 0 Å². The molecule has 1 atom stereocenters. The Bertz CT molecular complexity index is 418. The predicted octanol–water partition coefficient (Wildman–Crippen LogP) is 2.53. The summed E-state index contributed by atoms with van der Waals surface area (Å²) in [5.41, 5.74) is -0.473. The molecule has 0 heterocycles. The first-order valence-corrected chi connectivity index (χ1v) is 8.17. The molecule has 0 aromatic rings. The van der Waals surface area contributed by atoms with Crippen molar-refractivity contribution in [1.82, 2.24) is 0 Å². The summed E-state index contributed by atoms with van der Waals surface area (Å²) in [5, 5.41) is 0. The van der Waals surface area contributed by atoms with Crippen molar-refractivity contribution in [2.24, 2.45) is 23.2 Å². The first kappa shape index (κ1) is 16.6. The zero-order chi connectivity index (χ0) is 16.4. The number of carbonyl (C=O) groups is 2. The van der Waals surface area contributed by atoms with E-state index in [-0.39, 0.29) is 19.0 Å². The van der Waals surface area contributed by atoms with Crippen molar-refractivity contribution in [3.8, 4) is 0 Å². The molecule has 0 aromatic carbocycles. The van der Waals surface area contributed by atoms with Crippen molar-refractivity contribution in [3.63, 3.8) is 0 Å². The fourth-order valence-corrected chi connectivity index (χ4v) is 5.08. The SMILES string of the molecule is O=COCC(COC(F)F)OC(=O)C12CC3CC(CC(C3)C1)C2. The number of esters is 1. The number of hydrogen-bond acceptors (Lipinski definition) is 5. The van der Waals surface area contributed by atoms with Crippen molar-refractivity contribution < 1.29 is 32.6 Å². The van der Waals surface area contributed by atoms with Gasteiger partial charge in [-0.15, -0.1) is 0 Å². The van der Waals surface area contributed by atoms with Gasteiger partial charge in [-0.25, -0.2) is 0 Å². The van der Waals surface area contributed by atoms with Crippen molar-refractivity contribution in [1.29, 1.82) is 0 Å². The van der Waals surface area contributed by atoms with E-state index in [1.165, 1.54) is 19.3 Å². The first-order valence-electron chi connectivity index (χ1n) is 8.17. The van der Waals surface area contributed by atoms with Crippen LogP contribution in [0.5, 0.6) is 0 Å². The van der Waals surface area contributed by atoms with Crippen LogP contribution in [0, 0.1) is 23.2 Å². The van der Waals surface area contributed by atoms with E-state index in [4.69, 9.17) is 4.74 Å². The number of rotatable bonds is 8. The lowest BCUT2D eigenvalue weighted by molar-refractivity contribution is -0.194. The molecule has 0 spiro atoms. The van der Waals surface area contributed by atoms with Crippen LogP contribution in [0.15, 0.2) is 0 Å². The molecule has 1 unspecified atom stereocenters. The van der Waals surface area contributed by atoms with E-state index in [1.54, 1.807) is 0 Å². The van der Waals surface area contributed by atoms with Crippen LogP contribution in [-0.4, -0.2) is 38.4 Å². The summed E-state index contributed by atoms with van der Waals surface area (Å²) in [5.74, 6) is 1.40. The minimum Gasteiger partial charge on any atom is -0.464 e. The third-order valence-corrected chi connectivity index (χ3v) is 5.50. The highest BCUT2D eigenvalue weighted by atomic mass is 19.3. The normalized spacial score (nSPS) is 36.0. The number of carbonyl (C=O) groups excluding carboxylic acids is 2. The smallest absolute Gasteiger partial charge is 0.345 e. The zero-order valence-corrected chi connectivity index (χ0v) is 12.9. The lowest BCUT2D eigenvalue weighted by Crippen LogP contribution is -2.51. The van der Waals surface area contributed by atoms with Crippen molar-refractivity contribution in [2.75, 3.05) is 13.2 Å². The topological polar surface area (TPSA) is 61.8 Å². The fraction of sp³-hybridized carbons (Fsp3) is 0.875. The Labute approximate surface area is 133 Å². The molecule has 0 radical (unpaired) electrons. The molecular weight excluding hydrogens is 310 g/mol. The summed E-state index contributed by atoms with van der Waals surface area (Å²) in [7, 11) is 0. The molecule has 23 heavy (non-hydrogen) atoms. The van der Waals surface area contributed by atoms with Crippen molar-refractivity contribution in [3.05, 3.63) is 0 Å². The Morgan fingerprint density at radius 3 is 2.13 bits per heavy atom. The van der Waals surface area contributed by atoms with E-state index in [0.717, 1.165) is 19.3 Å². The number of halogens is 2. The Morgan fingerprint density at radius 1 is 1.09 bits per heavy atom. The van der Waals surface area contributed by atoms with Crippen LogP contribution in [-0.2, 0) is 23.8 Å². The van der Waals surface area contributed by atoms with Crippen LogP contribution in [0.3, 0.4) is 0 Å². The molecule has 130 valence electrons. The molecule has 0 aromatic heterocycles. The number of hydrogen-bond donors (Lipinski definition) is 0. The average Bonchev–Trinajstić information content (AvgIpc) is 2.48. The highest BCUT2D eigenvalue weighted by Gasteiger charge is 2.55. The Kier molecular flexibility index (Phi) is 4.85. The lowest BCUT2D eigenvalue weighted by atomic mass is 9.49. The molecule has 4 saturated carbocycles. The number of alkyl halides is 2. The minimum absolute atomic E-state index is 0.202. The second-order valence-electron chi connectivity index (χ2n) is 7.25. The summed E-state index contributed by atoms with van der Waals surface area (Å²) in [4.78, 5) is 23.0. The van der Waals surface area contributed by atoms with Gasteiger partial charge in [0.25, 0.3) is 6.47 Å². The summed E-state index contributed by atoms with van der Waals surface area (Å²) >= 11 is 0. The van der Waals surface area contributed by atoms with Gasteiger partial charge in [-0.05, 0) is 56.3 Å². The zero-order valence-electron chi connectivity index (χ0n) is 12.9. The number of ether oxygens (including phenoxy) is 3. The standard InChI is InChI=1S/C16H22F2O5/c17-15(18)22-8-13(7-21-9-19)23-14(20)16-4-10-1-11(5-16)3-12(2-10)6-16/h9-13,15H,1-8H2. The highest BCUT2D eigenvalue weighted by Crippen LogP contribution is 2.60. The van der Waals surface area contributed by atoms with Crippen LogP contribution in [0.4, 0.5) is 8.78 Å². The predicted molar refractivity (Wildman–Crippen MR) is 74.5 cm³/mol. The minimum atomic E-state index is -2.95. The molecule has 4 fully saturated rings. The maximum absolute atomic E-state index is 12.7. The van der Waals surface area contributed by atoms with E-state index in [2.05, 4.69) is 9.47 Å². The molecule has 4 aliphatic rings. The van der Waals surface area contributed by atoms with Crippen LogP contribution in [0.2, 0.25) is 0 Å². The van der Waals surface area contributed by atoms with Crippen LogP contribution < -0.4 is 0 Å². The quantitative estimate of drug-likeness (QED) is 0.505. The van der Waals surface area contributed by atoms with Gasteiger partial charge in [0.15, 0.2) is 6.10 Å². The van der Waals surface area contributed by atoms with Crippen LogP contribution in [0.1, 0.15) is 38.5 Å². The van der Waals surface area contributed by atoms with Crippen molar-refractivity contribution in [2.45, 2.75) is 51.2 Å². The third-order valence-electron chi connectivity index (χ3n) is 5.50. The Hall–Kier alpha value is -1.24. The van der Waals surface area contributed by atoms with Crippen LogP contribution in [0.25, 0.3) is 0 Å². The lowest BCUT2D eigenvalue weighted by Gasteiger charge is -2.55. The largest absolute Gasteiger partial charge is 0.464 e. The summed E-state index contributed by atoms with van der Waals surface area (Å²) < 4.78 is 38.6.